The highest BCUT2D eigenvalue weighted by Crippen LogP contribution is 2.32. The van der Waals surface area contributed by atoms with Crippen LogP contribution in [0, 0.1) is 0 Å². The van der Waals surface area contributed by atoms with Crippen LogP contribution in [0.3, 0.4) is 0 Å². The van der Waals surface area contributed by atoms with Crippen molar-refractivity contribution in [2.24, 2.45) is 0 Å². The number of carbonyl (C=O) groups is 1. The number of fused-ring (bicyclic) bond motifs is 1. The van der Waals surface area contributed by atoms with Gasteiger partial charge in [-0.3, -0.25) is 0 Å². The van der Waals surface area contributed by atoms with E-state index >= 15 is 0 Å². The fourth-order valence-electron chi connectivity index (χ4n) is 2.30. The van der Waals surface area contributed by atoms with Crippen LogP contribution < -0.4 is 4.74 Å². The molecular weight excluding hydrogens is 396 g/mol. The van der Waals surface area contributed by atoms with E-state index in [1.54, 1.807) is 18.2 Å². The second kappa shape index (κ2) is 7.83. The van der Waals surface area contributed by atoms with Crippen molar-refractivity contribution in [1.82, 2.24) is 0 Å². The molecule has 0 spiro atoms. The van der Waals surface area contributed by atoms with E-state index in [2.05, 4.69) is 15.9 Å². The van der Waals surface area contributed by atoms with Crippen molar-refractivity contribution in [2.75, 3.05) is 6.79 Å². The van der Waals surface area contributed by atoms with Crippen LogP contribution in [0.15, 0.2) is 46.9 Å². The molecule has 124 valence electrons. The van der Waals surface area contributed by atoms with Crippen molar-refractivity contribution >= 4 is 39.6 Å². The van der Waals surface area contributed by atoms with Crippen molar-refractivity contribution in [3.8, 4) is 5.75 Å². The van der Waals surface area contributed by atoms with Crippen LogP contribution in [-0.4, -0.2) is 12.8 Å². The van der Waals surface area contributed by atoms with Gasteiger partial charge in [0.1, 0.15) is 12.4 Å². The van der Waals surface area contributed by atoms with Crippen molar-refractivity contribution in [3.05, 3.63) is 68.7 Å². The first kappa shape index (κ1) is 17.0. The Kier molecular flexibility index (Phi) is 5.56. The van der Waals surface area contributed by atoms with Crippen molar-refractivity contribution in [1.29, 1.82) is 0 Å². The van der Waals surface area contributed by atoms with Crippen LogP contribution in [0.25, 0.3) is 6.08 Å². The van der Waals surface area contributed by atoms with Gasteiger partial charge in [0, 0.05) is 26.7 Å². The number of hydrogen-bond donors (Lipinski definition) is 0. The average Bonchev–Trinajstić information content (AvgIpc) is 2.59. The van der Waals surface area contributed by atoms with Gasteiger partial charge in [0.25, 0.3) is 0 Å². The fourth-order valence-corrected chi connectivity index (χ4v) is 2.83. The van der Waals surface area contributed by atoms with E-state index in [-0.39, 0.29) is 13.4 Å². The molecule has 0 bridgehead atoms. The van der Waals surface area contributed by atoms with E-state index in [9.17, 15) is 4.79 Å². The number of ether oxygens (including phenoxy) is 3. The van der Waals surface area contributed by atoms with Crippen LogP contribution in [0.4, 0.5) is 0 Å². The summed E-state index contributed by atoms with van der Waals surface area (Å²) in [6.45, 7) is 0.700. The zero-order chi connectivity index (χ0) is 16.9. The fraction of sp³-hybridized carbons (Fsp3) is 0.167. The van der Waals surface area contributed by atoms with Gasteiger partial charge < -0.3 is 14.2 Å². The first-order chi connectivity index (χ1) is 11.6. The molecule has 4 nitrogen and oxygen atoms in total. The predicted molar refractivity (Wildman–Crippen MR) is 94.7 cm³/mol. The minimum Gasteiger partial charge on any atom is -0.467 e. The first-order valence-corrected chi connectivity index (χ1v) is 8.41. The second-order valence-corrected chi connectivity index (χ2v) is 6.51. The first-order valence-electron chi connectivity index (χ1n) is 7.24. The summed E-state index contributed by atoms with van der Waals surface area (Å²) >= 11 is 9.45. The molecule has 0 radical (unpaired) electrons. The largest absolute Gasteiger partial charge is 0.467 e. The Balaban J connectivity index is 1.64. The lowest BCUT2D eigenvalue weighted by molar-refractivity contribution is -0.139. The van der Waals surface area contributed by atoms with Gasteiger partial charge in [0.2, 0.25) is 0 Å². The molecule has 0 aromatic heterocycles. The number of hydrogen-bond acceptors (Lipinski definition) is 4. The molecule has 24 heavy (non-hydrogen) atoms. The molecule has 0 aliphatic carbocycles. The quantitative estimate of drug-likeness (QED) is 0.541. The van der Waals surface area contributed by atoms with Crippen LogP contribution in [0.2, 0.25) is 5.02 Å². The summed E-state index contributed by atoms with van der Waals surface area (Å²) < 4.78 is 17.0. The Labute approximate surface area is 153 Å². The number of esters is 1. The SMILES string of the molecule is O=C(/C=C/c1ccc(Br)cc1)OCc1cc(Cl)cc2c1OCOC2. The molecular formula is C18H14BrClO4. The molecule has 1 aliphatic rings. The number of halogens is 2. The van der Waals surface area contributed by atoms with E-state index in [0.717, 1.165) is 21.2 Å². The van der Waals surface area contributed by atoms with E-state index in [4.69, 9.17) is 25.8 Å². The summed E-state index contributed by atoms with van der Waals surface area (Å²) in [6.07, 6.45) is 3.09. The van der Waals surface area contributed by atoms with E-state index in [1.807, 2.05) is 24.3 Å². The molecule has 6 heteroatoms. The second-order valence-electron chi connectivity index (χ2n) is 5.16. The molecule has 0 saturated carbocycles. The Morgan fingerprint density at radius 1 is 1.29 bits per heavy atom. The van der Waals surface area contributed by atoms with Crippen LogP contribution in [0.5, 0.6) is 5.75 Å². The monoisotopic (exact) mass is 408 g/mol. The maximum Gasteiger partial charge on any atom is 0.331 e. The molecule has 0 N–H and O–H groups in total. The maximum atomic E-state index is 11.9. The minimum atomic E-state index is -0.432. The molecule has 1 heterocycles. The number of carbonyl (C=O) groups excluding carboxylic acids is 1. The molecule has 3 rings (SSSR count). The molecule has 2 aromatic carbocycles. The lowest BCUT2D eigenvalue weighted by atomic mass is 10.1. The third kappa shape index (κ3) is 4.38. The molecule has 0 amide bonds. The normalized spacial score (nSPS) is 13.4. The topological polar surface area (TPSA) is 44.8 Å². The number of benzene rings is 2. The Morgan fingerprint density at radius 3 is 2.88 bits per heavy atom. The maximum absolute atomic E-state index is 11.9. The van der Waals surface area contributed by atoms with Gasteiger partial charge in [-0.1, -0.05) is 39.7 Å². The molecule has 0 unspecified atom stereocenters. The minimum absolute atomic E-state index is 0.0897. The van der Waals surface area contributed by atoms with Gasteiger partial charge in [-0.2, -0.15) is 0 Å². The van der Waals surface area contributed by atoms with Crippen molar-refractivity contribution < 1.29 is 19.0 Å². The zero-order valence-corrected chi connectivity index (χ0v) is 15.0. The molecule has 0 atom stereocenters. The molecule has 1 aliphatic heterocycles. The number of rotatable bonds is 4. The zero-order valence-electron chi connectivity index (χ0n) is 12.6. The highest BCUT2D eigenvalue weighted by Gasteiger charge is 2.17. The van der Waals surface area contributed by atoms with Crippen molar-refractivity contribution in [3.63, 3.8) is 0 Å². The third-order valence-corrected chi connectivity index (χ3v) is 4.15. The Morgan fingerprint density at radius 2 is 2.08 bits per heavy atom. The Bertz CT molecular complexity index is 771. The van der Waals surface area contributed by atoms with Crippen LogP contribution in [0.1, 0.15) is 16.7 Å². The summed E-state index contributed by atoms with van der Waals surface area (Å²) in [4.78, 5) is 11.9. The summed E-state index contributed by atoms with van der Waals surface area (Å²) in [5.74, 6) is 0.244. The van der Waals surface area contributed by atoms with Gasteiger partial charge in [0.15, 0.2) is 6.79 Å². The standard InChI is InChI=1S/C18H14BrClO4/c19-15-4-1-12(2-5-15)3-6-17(21)23-10-14-8-16(20)7-13-9-22-11-24-18(13)14/h1-8H,9-11H2/b6-3+. The van der Waals surface area contributed by atoms with E-state index in [0.29, 0.717) is 17.4 Å². The lowest BCUT2D eigenvalue weighted by Crippen LogP contribution is -2.14. The van der Waals surface area contributed by atoms with Gasteiger partial charge in [-0.05, 0) is 35.9 Å². The molecule has 0 fully saturated rings. The molecule has 2 aromatic rings. The lowest BCUT2D eigenvalue weighted by Gasteiger charge is -2.20. The summed E-state index contributed by atoms with van der Waals surface area (Å²) in [7, 11) is 0. The molecule has 0 saturated heterocycles. The van der Waals surface area contributed by atoms with Gasteiger partial charge in [-0.15, -0.1) is 0 Å². The summed E-state index contributed by atoms with van der Waals surface area (Å²) in [6, 6.07) is 11.1. The summed E-state index contributed by atoms with van der Waals surface area (Å²) in [5.41, 5.74) is 2.49. The van der Waals surface area contributed by atoms with Gasteiger partial charge in [-0.25, -0.2) is 4.79 Å². The summed E-state index contributed by atoms with van der Waals surface area (Å²) in [5, 5.41) is 0.555. The van der Waals surface area contributed by atoms with E-state index in [1.165, 1.54) is 6.08 Å². The van der Waals surface area contributed by atoms with Gasteiger partial charge in [0.05, 0.1) is 6.61 Å². The predicted octanol–water partition coefficient (Wildman–Crippen LogP) is 4.73. The smallest absolute Gasteiger partial charge is 0.331 e. The van der Waals surface area contributed by atoms with E-state index < -0.39 is 5.97 Å². The highest BCUT2D eigenvalue weighted by atomic mass is 79.9. The van der Waals surface area contributed by atoms with Crippen LogP contribution >= 0.6 is 27.5 Å². The van der Waals surface area contributed by atoms with Crippen LogP contribution in [-0.2, 0) is 27.5 Å². The highest BCUT2D eigenvalue weighted by molar-refractivity contribution is 9.10. The third-order valence-electron chi connectivity index (χ3n) is 3.40. The Hall–Kier alpha value is -1.82. The van der Waals surface area contributed by atoms with Crippen molar-refractivity contribution in [2.45, 2.75) is 13.2 Å². The average molecular weight is 410 g/mol. The van der Waals surface area contributed by atoms with Gasteiger partial charge >= 0.3 is 5.97 Å².